The average molecular weight is 1260 g/mol. The molecule has 0 unspecified atom stereocenters. The third-order valence-electron chi connectivity index (χ3n) is 17.7. The van der Waals surface area contributed by atoms with E-state index in [-0.39, 0.29) is 43.1 Å². The van der Waals surface area contributed by atoms with E-state index in [1.165, 1.54) is 31.1 Å². The van der Waals surface area contributed by atoms with Gasteiger partial charge in [-0.05, 0) is 70.9 Å². The zero-order valence-electron chi connectivity index (χ0n) is 54.7. The second-order valence-corrected chi connectivity index (χ2v) is 24.6. The number of hydrogen-bond acceptors (Lipinski definition) is 13. The quantitative estimate of drug-likeness (QED) is 0.0329. The lowest BCUT2D eigenvalue weighted by Gasteiger charge is -2.41. The van der Waals surface area contributed by atoms with Crippen LogP contribution in [0.1, 0.15) is 115 Å². The first-order valence-electron chi connectivity index (χ1n) is 31.6. The molecule has 11 atom stereocenters. The number of rotatable bonds is 32. The van der Waals surface area contributed by atoms with Gasteiger partial charge in [-0.3, -0.25) is 38.4 Å². The van der Waals surface area contributed by atoms with Crippen molar-refractivity contribution < 1.29 is 62.5 Å². The molecule has 22 nitrogen and oxygen atoms in total. The summed E-state index contributed by atoms with van der Waals surface area (Å²) in [4.78, 5) is 129. The fourth-order valence-corrected chi connectivity index (χ4v) is 12.5. The molecule has 0 spiro atoms. The molecule has 1 aliphatic heterocycles. The molecule has 0 bridgehead atoms. The number of nitrogens with zero attached hydrogens (tertiary/aromatic N) is 3. The van der Waals surface area contributed by atoms with Gasteiger partial charge in [0.05, 0.1) is 61.9 Å². The van der Waals surface area contributed by atoms with Crippen molar-refractivity contribution in [3.8, 4) is 11.1 Å². The number of methoxy groups -OCH3 is 2. The highest BCUT2D eigenvalue weighted by atomic mass is 16.5. The Labute approximate surface area is 535 Å². The van der Waals surface area contributed by atoms with Gasteiger partial charge < -0.3 is 65.9 Å². The number of hydrogen-bond donors (Lipinski definition) is 7. The molecule has 494 valence electrons. The molecule has 0 aromatic heterocycles. The van der Waals surface area contributed by atoms with Crippen LogP contribution >= 0.6 is 0 Å². The van der Waals surface area contributed by atoms with Gasteiger partial charge in [0.15, 0.2) is 0 Å². The first-order chi connectivity index (χ1) is 43.4. The number of likely N-dealkylation sites (tertiary alicyclic amines) is 1. The molecule has 0 saturated carbocycles. The normalized spacial score (nSPS) is 16.9. The highest BCUT2D eigenvalue weighted by molar-refractivity contribution is 5.95. The molecule has 1 saturated heterocycles. The zero-order chi connectivity index (χ0) is 66.6. The van der Waals surface area contributed by atoms with Crippen LogP contribution < -0.4 is 31.9 Å². The van der Waals surface area contributed by atoms with Gasteiger partial charge in [0.2, 0.25) is 47.3 Å². The topological polar surface area (TPSA) is 283 Å². The van der Waals surface area contributed by atoms with Crippen molar-refractivity contribution in [1.29, 1.82) is 0 Å². The Hall–Kier alpha value is -8.21. The predicted molar refractivity (Wildman–Crippen MR) is 344 cm³/mol. The Morgan fingerprint density at radius 2 is 1.24 bits per heavy atom. The third kappa shape index (κ3) is 18.9. The first kappa shape index (κ1) is 71.9. The predicted octanol–water partition coefficient (Wildman–Crippen LogP) is 5.27. The van der Waals surface area contributed by atoms with Gasteiger partial charge >= 0.3 is 6.09 Å². The molecule has 4 aromatic carbocycles. The van der Waals surface area contributed by atoms with Crippen LogP contribution in [0, 0.1) is 23.7 Å². The molecule has 0 radical (unpaired) electrons. The summed E-state index contributed by atoms with van der Waals surface area (Å²) in [6.07, 6.45) is -1.41. The van der Waals surface area contributed by atoms with Gasteiger partial charge in [0.1, 0.15) is 31.3 Å². The molecule has 1 heterocycles. The molecule has 1 fully saturated rings. The number of aliphatic hydroxyl groups is 1. The number of fused-ring (bicyclic) bond motifs is 3. The largest absolute Gasteiger partial charge is 0.449 e. The molecule has 7 N–H and O–H groups in total. The zero-order valence-corrected chi connectivity index (χ0v) is 54.7. The number of carbonyl (C=O) groups excluding carboxylic acids is 9. The van der Waals surface area contributed by atoms with Crippen LogP contribution in [0.3, 0.4) is 0 Å². The fraction of sp³-hybridized carbons (Fsp3) is 0.522. The van der Waals surface area contributed by atoms with Crippen LogP contribution in [0.4, 0.5) is 4.79 Å². The molecular formula is C69H95N9O13. The van der Waals surface area contributed by atoms with E-state index in [2.05, 4.69) is 31.9 Å². The summed E-state index contributed by atoms with van der Waals surface area (Å²) in [7, 11) is 6.07. The number of ether oxygens (including phenoxy) is 3. The minimum absolute atomic E-state index is 0.0208. The van der Waals surface area contributed by atoms with E-state index < -0.39 is 133 Å². The average Bonchev–Trinajstić information content (AvgIpc) is 1.70. The monoisotopic (exact) mass is 1260 g/mol. The number of alkyl carbamates (subject to hydrolysis) is 1. The smallest absolute Gasteiger partial charge is 0.407 e. The van der Waals surface area contributed by atoms with Crippen molar-refractivity contribution in [2.45, 2.75) is 148 Å². The molecule has 6 rings (SSSR count). The third-order valence-corrected chi connectivity index (χ3v) is 17.7. The minimum atomic E-state index is -1.20. The van der Waals surface area contributed by atoms with Gasteiger partial charge in [0.25, 0.3) is 0 Å². The highest BCUT2D eigenvalue weighted by Crippen LogP contribution is 2.44. The van der Waals surface area contributed by atoms with Crippen LogP contribution in [0.25, 0.3) is 11.1 Å². The summed E-state index contributed by atoms with van der Waals surface area (Å²) in [5.41, 5.74) is 5.56. The van der Waals surface area contributed by atoms with E-state index in [1.54, 1.807) is 96.0 Å². The molecule has 4 aromatic rings. The van der Waals surface area contributed by atoms with E-state index in [9.17, 15) is 48.3 Å². The van der Waals surface area contributed by atoms with Crippen LogP contribution in [0.15, 0.2) is 109 Å². The van der Waals surface area contributed by atoms with Crippen LogP contribution in [0.5, 0.6) is 0 Å². The van der Waals surface area contributed by atoms with E-state index >= 15 is 0 Å². The van der Waals surface area contributed by atoms with Gasteiger partial charge in [-0.25, -0.2) is 4.79 Å². The molecular weight excluding hydrogens is 1160 g/mol. The summed E-state index contributed by atoms with van der Waals surface area (Å²) in [6.45, 7) is 13.4. The van der Waals surface area contributed by atoms with Crippen molar-refractivity contribution in [1.82, 2.24) is 46.6 Å². The highest BCUT2D eigenvalue weighted by Gasteiger charge is 2.44. The van der Waals surface area contributed by atoms with Crippen molar-refractivity contribution in [3.63, 3.8) is 0 Å². The maximum Gasteiger partial charge on any atom is 0.407 e. The fourth-order valence-electron chi connectivity index (χ4n) is 12.5. The number of carbonyl (C=O) groups is 9. The van der Waals surface area contributed by atoms with Gasteiger partial charge in [-0.2, -0.15) is 0 Å². The second kappa shape index (κ2) is 34.3. The standard InChI is InChI=1S/C69H95N9O13/c1-13-43(6)62(55(89-11)36-58(81)78-34-24-33-54(78)64(90-12)44(7)65(84)73-45(8)63(83)47-27-18-15-19-28-47)77(10)68(87)60(41(2)3)75-67(86)61(42(4)5)76(9)59(82)39-71-66(85)53(35-46-25-16-14-17-26-46)74-57(80)38-70-56(79)37-72-69(88)91-40-52-50-31-22-20-29-48(50)49-30-21-23-32-51(49)52/h14-23,25-32,41-45,52-55,60-64,83H,13,24,33-40H2,1-12H3,(H,70,79)(H,71,85)(H,72,88)(H,73,84)(H,74,80)(H,75,86)/t43-,44+,45+,53-,54-,55+,60-,61-,62-,63+,64+/m0/s1. The molecule has 9 amide bonds. The van der Waals surface area contributed by atoms with Gasteiger partial charge in [-0.15, -0.1) is 0 Å². The summed E-state index contributed by atoms with van der Waals surface area (Å²) < 4.78 is 17.6. The van der Waals surface area contributed by atoms with Crippen LogP contribution in [0.2, 0.25) is 0 Å². The molecule has 1 aliphatic carbocycles. The maximum absolute atomic E-state index is 14.8. The van der Waals surface area contributed by atoms with Crippen LogP contribution in [-0.4, -0.2) is 183 Å². The summed E-state index contributed by atoms with van der Waals surface area (Å²) in [5, 5.41) is 27.0. The van der Waals surface area contributed by atoms with Crippen molar-refractivity contribution >= 4 is 53.4 Å². The molecule has 2 aliphatic rings. The van der Waals surface area contributed by atoms with Gasteiger partial charge in [0, 0.05) is 47.2 Å². The summed E-state index contributed by atoms with van der Waals surface area (Å²) in [6, 6.07) is 28.6. The lowest BCUT2D eigenvalue weighted by molar-refractivity contribution is -0.148. The molecule has 91 heavy (non-hydrogen) atoms. The second-order valence-electron chi connectivity index (χ2n) is 24.6. The Morgan fingerprint density at radius 3 is 1.82 bits per heavy atom. The Morgan fingerprint density at radius 1 is 0.648 bits per heavy atom. The van der Waals surface area contributed by atoms with Crippen molar-refractivity contribution in [3.05, 3.63) is 131 Å². The minimum Gasteiger partial charge on any atom is -0.449 e. The Bertz CT molecular complexity index is 3070. The Kier molecular flexibility index (Phi) is 27.1. The van der Waals surface area contributed by atoms with Crippen molar-refractivity contribution in [2.75, 3.05) is 61.1 Å². The van der Waals surface area contributed by atoms with Gasteiger partial charge in [-0.1, -0.05) is 164 Å². The summed E-state index contributed by atoms with van der Waals surface area (Å²) in [5.74, 6) is -6.34. The number of benzene rings is 4. The number of nitrogens with one attached hydrogen (secondary N) is 6. The van der Waals surface area contributed by atoms with E-state index in [4.69, 9.17) is 14.2 Å². The SMILES string of the molecule is CC[C@H](C)[C@@H]([C@@H](CC(=O)N1CCC[C@H]1[C@H](OC)[C@@H](C)C(=O)N[C@H](C)[C@@H](O)c1ccccc1)OC)N(C)C(=O)[C@@H](NC(=O)[C@H](C(C)C)N(C)C(=O)CNC(=O)[C@H](Cc1ccccc1)NC(=O)CNC(=O)CNC(=O)OCC1c2ccccc2-c2ccccc21)C(C)C. The van der Waals surface area contributed by atoms with E-state index in [1.807, 2.05) is 80.6 Å². The number of likely N-dealkylation sites (N-methyl/N-ethyl adjacent to an activating group) is 2. The van der Waals surface area contributed by atoms with E-state index in [0.29, 0.717) is 36.9 Å². The van der Waals surface area contributed by atoms with Crippen LogP contribution in [-0.2, 0) is 59.0 Å². The first-order valence-corrected chi connectivity index (χ1v) is 31.6. The van der Waals surface area contributed by atoms with Crippen molar-refractivity contribution in [2.24, 2.45) is 23.7 Å². The lowest BCUT2D eigenvalue weighted by Crippen LogP contribution is -2.61. The maximum atomic E-state index is 14.8. The lowest BCUT2D eigenvalue weighted by atomic mass is 9.89. The number of amides is 9. The number of aliphatic hydroxyl groups excluding tert-OH is 1. The summed E-state index contributed by atoms with van der Waals surface area (Å²) >= 11 is 0. The molecule has 22 heteroatoms. The Balaban J connectivity index is 1.03. The van der Waals surface area contributed by atoms with E-state index in [0.717, 1.165) is 22.3 Å².